The predicted molar refractivity (Wildman–Crippen MR) is 112 cm³/mol. The average molecular weight is 408 g/mol. The molecule has 0 heterocycles. The summed E-state index contributed by atoms with van der Waals surface area (Å²) in [7, 11) is 0. The number of hydroxylamine groups is 1. The summed E-state index contributed by atoms with van der Waals surface area (Å²) in [5, 5.41) is 13.1. The topological polar surface area (TPSA) is 35.8 Å². The Kier molecular flexibility index (Phi) is 7.06. The molecule has 0 unspecified atom stereocenters. The molecule has 1 N–H and O–H groups in total. The smallest absolute Gasteiger partial charge is 0.165 e. The van der Waals surface area contributed by atoms with Gasteiger partial charge in [-0.3, -0.25) is 5.21 Å². The van der Waals surface area contributed by atoms with Crippen LogP contribution in [0.4, 0.5) is 11.4 Å². The van der Waals surface area contributed by atoms with Gasteiger partial charge in [-0.2, -0.15) is 0 Å². The van der Waals surface area contributed by atoms with E-state index < -0.39 is 0 Å². The van der Waals surface area contributed by atoms with Gasteiger partial charge < -0.3 is 0 Å². The number of halogens is 3. The molecule has 0 aromatic heterocycles. The van der Waals surface area contributed by atoms with Crippen LogP contribution in [0.25, 0.3) is 0 Å². The molecule has 0 spiro atoms. The van der Waals surface area contributed by atoms with Crippen molar-refractivity contribution in [2.45, 2.75) is 6.92 Å². The maximum Gasteiger partial charge on any atom is 0.165 e. The van der Waals surface area contributed by atoms with Gasteiger partial charge in [0.25, 0.3) is 0 Å². The molecule has 26 heavy (non-hydrogen) atoms. The van der Waals surface area contributed by atoms with E-state index in [1.165, 1.54) is 0 Å². The van der Waals surface area contributed by atoms with Crippen LogP contribution in [0.2, 0.25) is 10.0 Å². The van der Waals surface area contributed by atoms with Gasteiger partial charge >= 0.3 is 0 Å². The fourth-order valence-corrected chi connectivity index (χ4v) is 2.74. The summed E-state index contributed by atoms with van der Waals surface area (Å²) in [6.45, 7) is 1.93. The Balaban J connectivity index is 0.00000243. The minimum Gasteiger partial charge on any atom is -0.282 e. The fraction of sp³-hybridized carbons (Fsp3) is 0.0500. The van der Waals surface area contributed by atoms with Crippen molar-refractivity contribution in [3.05, 3.63) is 94.0 Å². The zero-order chi connectivity index (χ0) is 17.8. The van der Waals surface area contributed by atoms with Gasteiger partial charge in [0.05, 0.1) is 11.4 Å². The monoisotopic (exact) mass is 406 g/mol. The summed E-state index contributed by atoms with van der Waals surface area (Å²) >= 11 is 12.0. The van der Waals surface area contributed by atoms with E-state index in [9.17, 15) is 5.21 Å². The minimum atomic E-state index is 0. The Morgan fingerprint density at radius 2 is 1.50 bits per heavy atom. The van der Waals surface area contributed by atoms with E-state index in [1.807, 2.05) is 49.4 Å². The van der Waals surface area contributed by atoms with Crippen LogP contribution in [0.1, 0.15) is 11.1 Å². The van der Waals surface area contributed by atoms with Gasteiger partial charge in [-0.1, -0.05) is 53.5 Å². The van der Waals surface area contributed by atoms with Crippen LogP contribution in [-0.2, 0) is 0 Å². The first-order chi connectivity index (χ1) is 12.0. The van der Waals surface area contributed by atoms with Crippen LogP contribution in [0.3, 0.4) is 0 Å². The predicted octanol–water partition coefficient (Wildman–Crippen LogP) is 6.70. The highest BCUT2D eigenvalue weighted by atomic mass is 35.5. The Hall–Kier alpha value is -2.04. The van der Waals surface area contributed by atoms with Crippen LogP contribution < -0.4 is 5.06 Å². The summed E-state index contributed by atoms with van der Waals surface area (Å²) in [6, 6.07) is 21.8. The molecule has 3 aromatic rings. The molecule has 3 rings (SSSR count). The number of aryl methyl sites for hydroxylation is 1. The fourth-order valence-electron chi connectivity index (χ4n) is 2.38. The summed E-state index contributed by atoms with van der Waals surface area (Å²) in [6.07, 6.45) is 0. The van der Waals surface area contributed by atoms with Gasteiger partial charge in [0, 0.05) is 15.6 Å². The van der Waals surface area contributed by atoms with Crippen molar-refractivity contribution < 1.29 is 5.21 Å². The molecule has 0 aliphatic heterocycles. The standard InChI is InChI=1S/C20H16Cl2N2O.ClH/c1-14-13-17(22)9-12-19(14)23-20(15-5-3-2-4-6-15)24(25)18-10-7-16(21)8-11-18;/h2-13,25H,1H3;1H. The minimum absolute atomic E-state index is 0. The third-order valence-electron chi connectivity index (χ3n) is 3.69. The Labute approximate surface area is 168 Å². The van der Waals surface area contributed by atoms with Crippen LogP contribution >= 0.6 is 35.6 Å². The van der Waals surface area contributed by atoms with Gasteiger partial charge in [0.1, 0.15) is 0 Å². The highest BCUT2D eigenvalue weighted by Gasteiger charge is 2.14. The molecule has 0 radical (unpaired) electrons. The van der Waals surface area contributed by atoms with E-state index in [4.69, 9.17) is 23.2 Å². The van der Waals surface area contributed by atoms with Crippen LogP contribution in [0, 0.1) is 6.92 Å². The number of anilines is 1. The third kappa shape index (κ3) is 4.77. The van der Waals surface area contributed by atoms with E-state index in [-0.39, 0.29) is 12.4 Å². The summed E-state index contributed by atoms with van der Waals surface area (Å²) in [5.74, 6) is 0.411. The first-order valence-corrected chi connectivity index (χ1v) is 8.45. The van der Waals surface area contributed by atoms with Crippen LogP contribution in [0.15, 0.2) is 77.8 Å². The maximum atomic E-state index is 10.8. The molecule has 6 heteroatoms. The molecule has 3 aromatic carbocycles. The average Bonchev–Trinajstić information content (AvgIpc) is 2.62. The Morgan fingerprint density at radius 1 is 0.885 bits per heavy atom. The number of aliphatic imine (C=N–C) groups is 1. The SMILES string of the molecule is Cc1cc(Cl)ccc1N=C(c1ccccc1)N(O)c1ccc(Cl)cc1.Cl. The third-order valence-corrected chi connectivity index (χ3v) is 4.18. The molecule has 0 amide bonds. The van der Waals surface area contributed by atoms with Crippen molar-refractivity contribution in [2.75, 3.05) is 5.06 Å². The second-order valence-electron chi connectivity index (χ2n) is 5.52. The molecule has 3 nitrogen and oxygen atoms in total. The molecule has 0 aliphatic rings. The number of hydrogen-bond acceptors (Lipinski definition) is 2. The molecular weight excluding hydrogens is 391 g/mol. The molecule has 0 bridgehead atoms. The van der Waals surface area contributed by atoms with Crippen molar-refractivity contribution in [1.29, 1.82) is 0 Å². The number of rotatable bonds is 3. The quantitative estimate of drug-likeness (QED) is 0.298. The van der Waals surface area contributed by atoms with Crippen molar-refractivity contribution in [1.82, 2.24) is 0 Å². The number of nitrogens with zero attached hydrogens (tertiary/aromatic N) is 2. The molecule has 134 valence electrons. The highest BCUT2D eigenvalue weighted by Crippen LogP contribution is 2.25. The van der Waals surface area contributed by atoms with E-state index in [2.05, 4.69) is 4.99 Å². The van der Waals surface area contributed by atoms with Crippen molar-refractivity contribution >= 4 is 52.8 Å². The van der Waals surface area contributed by atoms with Crippen molar-refractivity contribution in [3.8, 4) is 0 Å². The second-order valence-corrected chi connectivity index (χ2v) is 6.39. The van der Waals surface area contributed by atoms with Crippen molar-refractivity contribution in [3.63, 3.8) is 0 Å². The molecule has 0 fully saturated rings. The van der Waals surface area contributed by atoms with Crippen molar-refractivity contribution in [2.24, 2.45) is 4.99 Å². The largest absolute Gasteiger partial charge is 0.282 e. The maximum absolute atomic E-state index is 10.8. The zero-order valence-electron chi connectivity index (χ0n) is 13.9. The van der Waals surface area contributed by atoms with Gasteiger partial charge in [-0.05, 0) is 55.0 Å². The highest BCUT2D eigenvalue weighted by molar-refractivity contribution is 6.31. The summed E-state index contributed by atoms with van der Waals surface area (Å²) < 4.78 is 0. The number of hydrogen-bond donors (Lipinski definition) is 1. The van der Waals surface area contributed by atoms with Gasteiger partial charge in [-0.15, -0.1) is 12.4 Å². The number of amidine groups is 1. The zero-order valence-corrected chi connectivity index (χ0v) is 16.3. The summed E-state index contributed by atoms with van der Waals surface area (Å²) in [4.78, 5) is 4.67. The molecular formula is C20H17Cl3N2O. The molecule has 0 atom stereocenters. The van der Waals surface area contributed by atoms with E-state index in [1.54, 1.807) is 30.3 Å². The molecule has 0 saturated heterocycles. The van der Waals surface area contributed by atoms with E-state index >= 15 is 0 Å². The van der Waals surface area contributed by atoms with E-state index in [0.29, 0.717) is 21.6 Å². The normalized spacial score (nSPS) is 11.0. The summed E-state index contributed by atoms with van der Waals surface area (Å²) in [5.41, 5.74) is 3.01. The first-order valence-electron chi connectivity index (χ1n) is 7.69. The second kappa shape index (κ2) is 9.06. The lowest BCUT2D eigenvalue weighted by molar-refractivity contribution is 0.313. The molecule has 0 aliphatic carbocycles. The van der Waals surface area contributed by atoms with Gasteiger partial charge in [-0.25, -0.2) is 10.1 Å². The molecule has 0 saturated carbocycles. The van der Waals surface area contributed by atoms with E-state index in [0.717, 1.165) is 21.9 Å². The number of benzene rings is 3. The lowest BCUT2D eigenvalue weighted by atomic mass is 10.1. The Bertz CT molecular complexity index is 897. The Morgan fingerprint density at radius 3 is 2.12 bits per heavy atom. The lowest BCUT2D eigenvalue weighted by Gasteiger charge is -2.20. The first kappa shape index (κ1) is 20.3. The van der Waals surface area contributed by atoms with Gasteiger partial charge in [0.15, 0.2) is 5.84 Å². The van der Waals surface area contributed by atoms with Crippen LogP contribution in [0.5, 0.6) is 0 Å². The van der Waals surface area contributed by atoms with Gasteiger partial charge in [0.2, 0.25) is 0 Å². The lowest BCUT2D eigenvalue weighted by Crippen LogP contribution is -2.27. The van der Waals surface area contributed by atoms with Crippen LogP contribution in [-0.4, -0.2) is 11.0 Å².